The van der Waals surface area contributed by atoms with E-state index in [2.05, 4.69) is 38.8 Å². The van der Waals surface area contributed by atoms with Gasteiger partial charge in [0, 0.05) is 25.1 Å². The Morgan fingerprint density at radius 3 is 2.44 bits per heavy atom. The predicted molar refractivity (Wildman–Crippen MR) is 69.3 cm³/mol. The summed E-state index contributed by atoms with van der Waals surface area (Å²) >= 11 is 0. The minimum absolute atomic E-state index is 0.228. The number of H-pyrrole nitrogens is 1. The van der Waals surface area contributed by atoms with Gasteiger partial charge in [0.2, 0.25) is 0 Å². The Bertz CT molecular complexity index is 339. The minimum atomic E-state index is -1.72. The zero-order valence-corrected chi connectivity index (χ0v) is 12.2. The molecule has 0 aliphatic rings. The summed E-state index contributed by atoms with van der Waals surface area (Å²) in [4.78, 5) is 3.15. The smallest absolute Gasteiger partial charge is 0.250 e. The van der Waals surface area contributed by atoms with Crippen molar-refractivity contribution in [3.63, 3.8) is 0 Å². The molecule has 1 aromatic heterocycles. The number of hydrogen-bond acceptors (Lipinski definition) is 2. The lowest BCUT2D eigenvalue weighted by molar-refractivity contribution is 0.182. The molecule has 1 N–H and O–H groups in total. The minimum Gasteiger partial charge on any atom is -0.542 e. The number of aromatic amines is 1. The van der Waals surface area contributed by atoms with E-state index in [1.165, 1.54) is 0 Å². The highest BCUT2D eigenvalue weighted by molar-refractivity contribution is 6.74. The van der Waals surface area contributed by atoms with E-state index in [1.54, 1.807) is 7.11 Å². The molecule has 0 aromatic carbocycles. The Kier molecular flexibility index (Phi) is 3.86. The molecule has 0 spiro atoms. The van der Waals surface area contributed by atoms with Crippen LogP contribution in [0.2, 0.25) is 18.1 Å². The first kappa shape index (κ1) is 13.3. The van der Waals surface area contributed by atoms with Crippen molar-refractivity contribution >= 4 is 8.32 Å². The Morgan fingerprint density at radius 1 is 1.31 bits per heavy atom. The first-order chi connectivity index (χ1) is 7.26. The Morgan fingerprint density at radius 2 is 1.94 bits per heavy atom. The molecule has 0 saturated carbocycles. The zero-order chi connectivity index (χ0) is 12.4. The first-order valence-electron chi connectivity index (χ1n) is 5.61. The van der Waals surface area contributed by atoms with Gasteiger partial charge in [0.25, 0.3) is 8.32 Å². The van der Waals surface area contributed by atoms with Gasteiger partial charge in [-0.25, -0.2) is 0 Å². The normalized spacial score (nSPS) is 12.9. The van der Waals surface area contributed by atoms with Crippen LogP contribution < -0.4 is 4.43 Å². The second kappa shape index (κ2) is 4.63. The summed E-state index contributed by atoms with van der Waals surface area (Å²) in [6.45, 7) is 11.8. The number of aromatic nitrogens is 1. The summed E-state index contributed by atoms with van der Waals surface area (Å²) in [5.41, 5.74) is 1.05. The number of hydrogen-bond donors (Lipinski definition) is 1. The van der Waals surface area contributed by atoms with Crippen LogP contribution in [0.4, 0.5) is 0 Å². The molecule has 0 saturated heterocycles. The van der Waals surface area contributed by atoms with Gasteiger partial charge in [-0.1, -0.05) is 20.8 Å². The molecular formula is C12H23NO2Si. The van der Waals surface area contributed by atoms with Crippen LogP contribution in [0, 0.1) is 0 Å². The largest absolute Gasteiger partial charge is 0.542 e. The monoisotopic (exact) mass is 241 g/mol. The highest BCUT2D eigenvalue weighted by atomic mass is 28.4. The Hall–Kier alpha value is -0.743. The van der Waals surface area contributed by atoms with Crippen molar-refractivity contribution in [2.75, 3.05) is 7.11 Å². The van der Waals surface area contributed by atoms with Crippen molar-refractivity contribution in [2.45, 2.75) is 45.5 Å². The molecule has 1 aromatic rings. The summed E-state index contributed by atoms with van der Waals surface area (Å²) in [6, 6.07) is 2.02. The van der Waals surface area contributed by atoms with E-state index >= 15 is 0 Å². The molecule has 3 nitrogen and oxygen atoms in total. The van der Waals surface area contributed by atoms with E-state index in [-0.39, 0.29) is 5.04 Å². The molecule has 0 unspecified atom stereocenters. The second-order valence-electron chi connectivity index (χ2n) is 5.66. The van der Waals surface area contributed by atoms with Gasteiger partial charge in [0.05, 0.1) is 6.61 Å². The van der Waals surface area contributed by atoms with Crippen molar-refractivity contribution < 1.29 is 9.16 Å². The first-order valence-corrected chi connectivity index (χ1v) is 8.52. The van der Waals surface area contributed by atoms with Crippen molar-refractivity contribution in [2.24, 2.45) is 0 Å². The molecular weight excluding hydrogens is 218 g/mol. The van der Waals surface area contributed by atoms with E-state index in [1.807, 2.05) is 12.3 Å². The molecule has 4 heteroatoms. The number of ether oxygens (including phenoxy) is 1. The van der Waals surface area contributed by atoms with Gasteiger partial charge in [0.1, 0.15) is 5.75 Å². The van der Waals surface area contributed by atoms with E-state index in [0.29, 0.717) is 6.61 Å². The van der Waals surface area contributed by atoms with Gasteiger partial charge in [0.15, 0.2) is 0 Å². The van der Waals surface area contributed by atoms with E-state index in [4.69, 9.17) is 9.16 Å². The third-order valence-electron chi connectivity index (χ3n) is 3.20. The van der Waals surface area contributed by atoms with Crippen LogP contribution in [-0.4, -0.2) is 20.4 Å². The lowest BCUT2D eigenvalue weighted by Gasteiger charge is -2.36. The maximum Gasteiger partial charge on any atom is 0.250 e. The molecule has 0 aliphatic heterocycles. The number of methoxy groups -OCH3 is 1. The van der Waals surface area contributed by atoms with Crippen molar-refractivity contribution in [1.82, 2.24) is 4.98 Å². The average Bonchev–Trinajstić information content (AvgIpc) is 2.50. The van der Waals surface area contributed by atoms with Gasteiger partial charge in [-0.15, -0.1) is 0 Å². The fourth-order valence-corrected chi connectivity index (χ4v) is 2.18. The SMILES string of the molecule is COCc1cc(O[Si](C)(C)C(C)(C)C)c[nH]1. The fourth-order valence-electron chi connectivity index (χ4n) is 1.16. The van der Waals surface area contributed by atoms with Crippen LogP contribution in [0.5, 0.6) is 5.75 Å². The van der Waals surface area contributed by atoms with Gasteiger partial charge < -0.3 is 14.1 Å². The molecule has 1 heterocycles. The van der Waals surface area contributed by atoms with Crippen LogP contribution in [0.3, 0.4) is 0 Å². The topological polar surface area (TPSA) is 34.2 Å². The molecule has 0 amide bonds. The summed E-state index contributed by atoms with van der Waals surface area (Å²) in [7, 11) is -0.0265. The molecule has 16 heavy (non-hydrogen) atoms. The average molecular weight is 241 g/mol. The van der Waals surface area contributed by atoms with E-state index < -0.39 is 8.32 Å². The van der Waals surface area contributed by atoms with Gasteiger partial charge in [-0.3, -0.25) is 0 Å². The lowest BCUT2D eigenvalue weighted by atomic mass is 10.2. The molecule has 92 valence electrons. The quantitative estimate of drug-likeness (QED) is 0.818. The summed E-state index contributed by atoms with van der Waals surface area (Å²) in [5.74, 6) is 0.929. The van der Waals surface area contributed by atoms with Crippen LogP contribution in [-0.2, 0) is 11.3 Å². The zero-order valence-electron chi connectivity index (χ0n) is 11.2. The summed E-state index contributed by atoms with van der Waals surface area (Å²) < 4.78 is 11.2. The predicted octanol–water partition coefficient (Wildman–Crippen LogP) is 3.55. The molecule has 1 rings (SSSR count). The van der Waals surface area contributed by atoms with Crippen molar-refractivity contribution in [1.29, 1.82) is 0 Å². The van der Waals surface area contributed by atoms with Crippen LogP contribution in [0.25, 0.3) is 0 Å². The van der Waals surface area contributed by atoms with Gasteiger partial charge >= 0.3 is 0 Å². The lowest BCUT2D eigenvalue weighted by Crippen LogP contribution is -2.43. The van der Waals surface area contributed by atoms with Crippen LogP contribution in [0.15, 0.2) is 12.3 Å². The van der Waals surface area contributed by atoms with Gasteiger partial charge in [-0.05, 0) is 18.1 Å². The van der Waals surface area contributed by atoms with Crippen molar-refractivity contribution in [3.8, 4) is 5.75 Å². The number of rotatable bonds is 4. The Labute approximate surface area is 99.3 Å². The molecule has 0 aliphatic carbocycles. The van der Waals surface area contributed by atoms with E-state index in [9.17, 15) is 0 Å². The maximum atomic E-state index is 6.15. The second-order valence-corrected chi connectivity index (χ2v) is 10.4. The number of nitrogens with one attached hydrogen (secondary N) is 1. The van der Waals surface area contributed by atoms with Crippen LogP contribution >= 0.6 is 0 Å². The van der Waals surface area contributed by atoms with E-state index in [0.717, 1.165) is 11.4 Å². The third-order valence-corrected chi connectivity index (χ3v) is 7.55. The molecule has 0 bridgehead atoms. The highest BCUT2D eigenvalue weighted by Gasteiger charge is 2.39. The van der Waals surface area contributed by atoms with Gasteiger partial charge in [-0.2, -0.15) is 0 Å². The summed E-state index contributed by atoms with van der Waals surface area (Å²) in [5, 5.41) is 0.228. The molecule has 0 radical (unpaired) electrons. The third kappa shape index (κ3) is 3.12. The fraction of sp³-hybridized carbons (Fsp3) is 0.667. The maximum absolute atomic E-state index is 6.15. The van der Waals surface area contributed by atoms with Crippen molar-refractivity contribution in [3.05, 3.63) is 18.0 Å². The molecule has 0 fully saturated rings. The Balaban J connectivity index is 2.72. The molecule has 0 atom stereocenters. The standard InChI is InChI=1S/C12H23NO2Si/c1-12(2,3)16(5,6)15-11-7-10(9-14-4)13-8-11/h7-8,13H,9H2,1-6H3. The summed E-state index contributed by atoms with van der Waals surface area (Å²) in [6.07, 6.45) is 1.91. The highest BCUT2D eigenvalue weighted by Crippen LogP contribution is 2.37. The van der Waals surface area contributed by atoms with Crippen LogP contribution in [0.1, 0.15) is 26.5 Å².